The van der Waals surface area contributed by atoms with E-state index in [-0.39, 0.29) is 5.91 Å². The van der Waals surface area contributed by atoms with Crippen LogP contribution >= 0.6 is 11.3 Å². The van der Waals surface area contributed by atoms with Crippen LogP contribution in [0.2, 0.25) is 0 Å². The summed E-state index contributed by atoms with van der Waals surface area (Å²) in [5.41, 5.74) is 2.93. The van der Waals surface area contributed by atoms with Crippen LogP contribution in [0.1, 0.15) is 23.0 Å². The summed E-state index contributed by atoms with van der Waals surface area (Å²) in [7, 11) is 5.12. The van der Waals surface area contributed by atoms with E-state index in [0.717, 1.165) is 41.0 Å². The molecule has 2 aromatic heterocycles. The Labute approximate surface area is 203 Å². The Bertz CT molecular complexity index is 1270. The predicted molar refractivity (Wildman–Crippen MR) is 138 cm³/mol. The van der Waals surface area contributed by atoms with E-state index < -0.39 is 0 Å². The monoisotopic (exact) mass is 478 g/mol. The number of carbonyl (C=O) groups excluding carboxylic acids is 1. The Kier molecular flexibility index (Phi) is 7.37. The fourth-order valence-corrected chi connectivity index (χ4v) is 5.01. The summed E-state index contributed by atoms with van der Waals surface area (Å²) in [5.74, 6) is 1.25. The van der Waals surface area contributed by atoms with Crippen molar-refractivity contribution < 1.29 is 14.3 Å². The second-order valence-electron chi connectivity index (χ2n) is 7.90. The number of hydrogen-bond acceptors (Lipinski definition) is 6. The molecule has 0 aliphatic heterocycles. The minimum Gasteiger partial charge on any atom is -0.493 e. The van der Waals surface area contributed by atoms with Crippen molar-refractivity contribution in [3.8, 4) is 22.8 Å². The Morgan fingerprint density at radius 1 is 1.09 bits per heavy atom. The maximum absolute atomic E-state index is 12.9. The first-order valence-electron chi connectivity index (χ1n) is 11.3. The van der Waals surface area contributed by atoms with E-state index in [1.165, 1.54) is 17.0 Å². The number of thiophene rings is 1. The van der Waals surface area contributed by atoms with Crippen LogP contribution in [0.5, 0.6) is 11.5 Å². The minimum atomic E-state index is -0.0535. The second kappa shape index (κ2) is 10.6. The number of hydrogen-bond donors (Lipinski definition) is 1. The summed E-state index contributed by atoms with van der Waals surface area (Å²) in [6.45, 7) is 4.59. The SMILES string of the molecule is CCN(CCCNC(=O)c1cc2c(-c3ccc(OC)c(OC)c3)nn(C)c2s1)c1ccccc1. The standard InChI is InChI=1S/C26H30N4O3S/c1-5-30(19-10-7-6-8-11-19)15-9-14-27-25(31)23-17-20-24(28-29(2)26(20)34-23)18-12-13-21(32-3)22(16-18)33-4/h6-8,10-13,16-17H,5,9,14-15H2,1-4H3,(H,27,31). The van der Waals surface area contributed by atoms with Gasteiger partial charge in [0.2, 0.25) is 0 Å². The highest BCUT2D eigenvalue weighted by molar-refractivity contribution is 7.20. The average molecular weight is 479 g/mol. The van der Waals surface area contributed by atoms with Crippen molar-refractivity contribution in [3.05, 3.63) is 59.5 Å². The van der Waals surface area contributed by atoms with Gasteiger partial charge in [0, 0.05) is 43.3 Å². The molecule has 1 amide bonds. The van der Waals surface area contributed by atoms with Crippen molar-refractivity contribution in [2.45, 2.75) is 13.3 Å². The van der Waals surface area contributed by atoms with Gasteiger partial charge < -0.3 is 19.7 Å². The fraction of sp³-hybridized carbons (Fsp3) is 0.308. The van der Waals surface area contributed by atoms with Crippen LogP contribution in [0, 0.1) is 0 Å². The third kappa shape index (κ3) is 4.87. The Morgan fingerprint density at radius 3 is 2.56 bits per heavy atom. The van der Waals surface area contributed by atoms with E-state index in [4.69, 9.17) is 9.47 Å². The molecule has 0 aliphatic rings. The van der Waals surface area contributed by atoms with E-state index in [1.807, 2.05) is 54.2 Å². The fourth-order valence-electron chi connectivity index (χ4n) is 4.02. The molecule has 0 spiro atoms. The summed E-state index contributed by atoms with van der Waals surface area (Å²) in [5, 5.41) is 8.70. The number of para-hydroxylation sites is 1. The molecule has 0 radical (unpaired) electrons. The first-order chi connectivity index (χ1) is 16.5. The molecule has 2 heterocycles. The number of amides is 1. The maximum atomic E-state index is 12.9. The molecule has 0 unspecified atom stereocenters. The Balaban J connectivity index is 1.44. The number of anilines is 1. The molecule has 178 valence electrons. The quantitative estimate of drug-likeness (QED) is 0.326. The van der Waals surface area contributed by atoms with E-state index in [1.54, 1.807) is 14.2 Å². The van der Waals surface area contributed by atoms with Gasteiger partial charge in [-0.3, -0.25) is 9.48 Å². The van der Waals surface area contributed by atoms with E-state index >= 15 is 0 Å². The third-order valence-corrected chi connectivity index (χ3v) is 6.99. The molecule has 0 saturated heterocycles. The van der Waals surface area contributed by atoms with Crippen LogP contribution in [-0.2, 0) is 7.05 Å². The molecule has 2 aromatic carbocycles. The largest absolute Gasteiger partial charge is 0.493 e. The molecule has 0 aliphatic carbocycles. The molecule has 8 heteroatoms. The van der Waals surface area contributed by atoms with Crippen molar-refractivity contribution in [1.82, 2.24) is 15.1 Å². The number of methoxy groups -OCH3 is 2. The number of carbonyl (C=O) groups is 1. The molecule has 0 bridgehead atoms. The summed E-state index contributed by atoms with van der Waals surface area (Å²) in [6, 6.07) is 18.0. The summed E-state index contributed by atoms with van der Waals surface area (Å²) < 4.78 is 12.6. The number of nitrogens with one attached hydrogen (secondary N) is 1. The molecule has 0 fully saturated rings. The van der Waals surface area contributed by atoms with E-state index in [9.17, 15) is 4.79 Å². The van der Waals surface area contributed by atoms with Crippen molar-refractivity contribution in [2.75, 3.05) is 38.8 Å². The lowest BCUT2D eigenvalue weighted by Gasteiger charge is -2.23. The zero-order chi connectivity index (χ0) is 24.1. The topological polar surface area (TPSA) is 68.6 Å². The first-order valence-corrected chi connectivity index (χ1v) is 12.1. The highest BCUT2D eigenvalue weighted by atomic mass is 32.1. The number of nitrogens with zero attached hydrogens (tertiary/aromatic N) is 3. The van der Waals surface area contributed by atoms with Crippen LogP contribution in [0.15, 0.2) is 54.6 Å². The summed E-state index contributed by atoms with van der Waals surface area (Å²) >= 11 is 1.45. The molecule has 0 atom stereocenters. The van der Waals surface area contributed by atoms with Gasteiger partial charge in [-0.15, -0.1) is 11.3 Å². The van der Waals surface area contributed by atoms with Gasteiger partial charge >= 0.3 is 0 Å². The molecular formula is C26H30N4O3S. The zero-order valence-corrected chi connectivity index (χ0v) is 20.8. The highest BCUT2D eigenvalue weighted by Crippen LogP contribution is 2.37. The van der Waals surface area contributed by atoms with E-state index in [2.05, 4.69) is 34.4 Å². The van der Waals surface area contributed by atoms with Crippen molar-refractivity contribution >= 4 is 33.1 Å². The first kappa shape index (κ1) is 23.6. The van der Waals surface area contributed by atoms with Crippen LogP contribution in [0.25, 0.3) is 21.5 Å². The number of ether oxygens (including phenoxy) is 2. The summed E-state index contributed by atoms with van der Waals surface area (Å²) in [6.07, 6.45) is 0.873. The van der Waals surface area contributed by atoms with Gasteiger partial charge in [-0.1, -0.05) is 18.2 Å². The van der Waals surface area contributed by atoms with Gasteiger partial charge in [0.25, 0.3) is 5.91 Å². The molecule has 34 heavy (non-hydrogen) atoms. The van der Waals surface area contributed by atoms with Crippen molar-refractivity contribution in [1.29, 1.82) is 0 Å². The Hall–Kier alpha value is -3.52. The number of benzene rings is 2. The summed E-state index contributed by atoms with van der Waals surface area (Å²) in [4.78, 5) is 16.8. The lowest BCUT2D eigenvalue weighted by molar-refractivity contribution is 0.0957. The van der Waals surface area contributed by atoms with Crippen LogP contribution in [-0.4, -0.2) is 49.5 Å². The van der Waals surface area contributed by atoms with Crippen LogP contribution < -0.4 is 19.7 Å². The number of fused-ring (bicyclic) bond motifs is 1. The van der Waals surface area contributed by atoms with Gasteiger partial charge in [-0.05, 0) is 49.7 Å². The average Bonchev–Trinajstić information content (AvgIpc) is 3.44. The molecule has 7 nitrogen and oxygen atoms in total. The van der Waals surface area contributed by atoms with Crippen LogP contribution in [0.3, 0.4) is 0 Å². The van der Waals surface area contributed by atoms with Crippen molar-refractivity contribution in [3.63, 3.8) is 0 Å². The second-order valence-corrected chi connectivity index (χ2v) is 8.93. The number of rotatable bonds is 10. The maximum Gasteiger partial charge on any atom is 0.261 e. The molecule has 1 N–H and O–H groups in total. The minimum absolute atomic E-state index is 0.0535. The molecule has 4 rings (SSSR count). The predicted octanol–water partition coefficient (Wildman–Crippen LogP) is 4.97. The lowest BCUT2D eigenvalue weighted by atomic mass is 10.1. The number of aryl methyl sites for hydroxylation is 1. The molecular weight excluding hydrogens is 448 g/mol. The molecule has 0 saturated carbocycles. The third-order valence-electron chi connectivity index (χ3n) is 5.79. The number of aromatic nitrogens is 2. The zero-order valence-electron chi connectivity index (χ0n) is 20.0. The van der Waals surface area contributed by atoms with Gasteiger partial charge in [-0.2, -0.15) is 5.10 Å². The lowest BCUT2D eigenvalue weighted by Crippen LogP contribution is -2.29. The molecule has 4 aromatic rings. The van der Waals surface area contributed by atoms with Gasteiger partial charge in [-0.25, -0.2) is 0 Å². The van der Waals surface area contributed by atoms with Gasteiger partial charge in [0.15, 0.2) is 11.5 Å². The highest BCUT2D eigenvalue weighted by Gasteiger charge is 2.19. The Morgan fingerprint density at radius 2 is 1.85 bits per heavy atom. The van der Waals surface area contributed by atoms with Crippen molar-refractivity contribution in [2.24, 2.45) is 7.05 Å². The van der Waals surface area contributed by atoms with E-state index in [0.29, 0.717) is 22.9 Å². The van der Waals surface area contributed by atoms with Gasteiger partial charge in [0.1, 0.15) is 10.5 Å². The van der Waals surface area contributed by atoms with Gasteiger partial charge in [0.05, 0.1) is 19.1 Å². The normalized spacial score (nSPS) is 10.9. The van der Waals surface area contributed by atoms with Crippen LogP contribution in [0.4, 0.5) is 5.69 Å². The smallest absolute Gasteiger partial charge is 0.261 e.